The first-order valence-corrected chi connectivity index (χ1v) is 9.41. The Kier molecular flexibility index (Phi) is 4.14. The molecule has 0 fully saturated rings. The molecule has 0 radical (unpaired) electrons. The van der Waals surface area contributed by atoms with E-state index in [9.17, 15) is 14.4 Å². The van der Waals surface area contributed by atoms with Gasteiger partial charge in [-0.15, -0.1) is 0 Å². The van der Waals surface area contributed by atoms with Crippen LogP contribution in [0.3, 0.4) is 0 Å². The highest BCUT2D eigenvalue weighted by molar-refractivity contribution is 6.34. The van der Waals surface area contributed by atoms with E-state index < -0.39 is 5.97 Å². The fraction of sp³-hybridized carbons (Fsp3) is 0. The van der Waals surface area contributed by atoms with Gasteiger partial charge in [0.2, 0.25) is 0 Å². The lowest BCUT2D eigenvalue weighted by Crippen LogP contribution is -2.29. The first kappa shape index (κ1) is 17.8. The fourth-order valence-electron chi connectivity index (χ4n) is 3.61. The lowest BCUT2D eigenvalue weighted by atomic mass is 10.1. The van der Waals surface area contributed by atoms with Gasteiger partial charge in [0.1, 0.15) is 5.75 Å². The third-order valence-corrected chi connectivity index (χ3v) is 5.11. The van der Waals surface area contributed by atoms with Gasteiger partial charge in [-0.2, -0.15) is 0 Å². The number of benzene rings is 4. The largest absolute Gasteiger partial charge is 0.422 e. The van der Waals surface area contributed by atoms with E-state index >= 15 is 0 Å². The third-order valence-electron chi connectivity index (χ3n) is 5.11. The second kappa shape index (κ2) is 6.97. The predicted octanol–water partition coefficient (Wildman–Crippen LogP) is 4.86. The van der Waals surface area contributed by atoms with Gasteiger partial charge in [-0.05, 0) is 47.9 Å². The van der Waals surface area contributed by atoms with Crippen LogP contribution in [-0.4, -0.2) is 17.8 Å². The highest BCUT2D eigenvalue weighted by atomic mass is 16.5. The van der Waals surface area contributed by atoms with E-state index in [1.807, 2.05) is 36.4 Å². The molecule has 30 heavy (non-hydrogen) atoms. The van der Waals surface area contributed by atoms with E-state index in [0.29, 0.717) is 28.1 Å². The molecule has 5 rings (SSSR count). The van der Waals surface area contributed by atoms with Crippen molar-refractivity contribution in [2.24, 2.45) is 0 Å². The topological polar surface area (TPSA) is 63.7 Å². The van der Waals surface area contributed by atoms with Crippen LogP contribution in [0.15, 0.2) is 91.0 Å². The maximum Gasteiger partial charge on any atom is 0.343 e. The van der Waals surface area contributed by atoms with Crippen LogP contribution in [0.1, 0.15) is 31.1 Å². The molecule has 0 unspecified atom stereocenters. The average Bonchev–Trinajstić information content (AvgIpc) is 3.04. The summed E-state index contributed by atoms with van der Waals surface area (Å²) < 4.78 is 5.59. The van der Waals surface area contributed by atoms with Crippen LogP contribution in [0, 0.1) is 0 Å². The number of ether oxygens (including phenoxy) is 1. The van der Waals surface area contributed by atoms with Crippen molar-refractivity contribution in [2.45, 2.75) is 0 Å². The van der Waals surface area contributed by atoms with Crippen molar-refractivity contribution in [1.29, 1.82) is 0 Å². The van der Waals surface area contributed by atoms with Crippen LogP contribution in [-0.2, 0) is 0 Å². The second-order valence-corrected chi connectivity index (χ2v) is 6.90. The molecular weight excluding hydrogens is 378 g/mol. The summed E-state index contributed by atoms with van der Waals surface area (Å²) in [6.07, 6.45) is 0. The number of hydrogen-bond donors (Lipinski definition) is 0. The van der Waals surface area contributed by atoms with Crippen LogP contribution in [0.4, 0.5) is 5.69 Å². The first-order valence-electron chi connectivity index (χ1n) is 9.41. The minimum atomic E-state index is -0.514. The number of carbonyl (C=O) groups is 3. The smallest absolute Gasteiger partial charge is 0.343 e. The number of hydrogen-bond acceptors (Lipinski definition) is 4. The Morgan fingerprint density at radius 3 is 1.97 bits per heavy atom. The Balaban J connectivity index is 1.40. The molecule has 0 saturated carbocycles. The highest BCUT2D eigenvalue weighted by Gasteiger charge is 2.36. The van der Waals surface area contributed by atoms with Crippen LogP contribution in [0.2, 0.25) is 0 Å². The van der Waals surface area contributed by atoms with Crippen molar-refractivity contribution in [3.8, 4) is 5.75 Å². The van der Waals surface area contributed by atoms with Crippen molar-refractivity contribution in [3.63, 3.8) is 0 Å². The van der Waals surface area contributed by atoms with Crippen molar-refractivity contribution in [2.75, 3.05) is 4.90 Å². The SMILES string of the molecule is O=C(Oc1cccc2ccccc12)c1ccc(N2C(=O)c3ccccc3C2=O)cc1. The van der Waals surface area contributed by atoms with E-state index in [4.69, 9.17) is 4.74 Å². The molecule has 144 valence electrons. The zero-order valence-corrected chi connectivity index (χ0v) is 15.7. The van der Waals surface area contributed by atoms with Crippen LogP contribution < -0.4 is 9.64 Å². The summed E-state index contributed by atoms with van der Waals surface area (Å²) in [5, 5.41) is 1.82. The molecule has 1 aliphatic heterocycles. The van der Waals surface area contributed by atoms with E-state index in [2.05, 4.69) is 0 Å². The summed E-state index contributed by atoms with van der Waals surface area (Å²) in [6, 6.07) is 26.1. The Labute approximate surface area is 172 Å². The van der Waals surface area contributed by atoms with Gasteiger partial charge in [0, 0.05) is 5.39 Å². The zero-order chi connectivity index (χ0) is 20.7. The molecule has 4 aromatic carbocycles. The molecule has 1 heterocycles. The lowest BCUT2D eigenvalue weighted by Gasteiger charge is -2.14. The van der Waals surface area contributed by atoms with Gasteiger partial charge in [0.05, 0.1) is 22.4 Å². The maximum absolute atomic E-state index is 12.6. The molecule has 0 N–H and O–H groups in total. The standard InChI is InChI=1S/C25H15NO4/c27-23-20-9-3-4-10-21(20)24(28)26(23)18-14-12-17(13-15-18)25(29)30-22-11-5-7-16-6-1-2-8-19(16)22/h1-15H. The molecule has 0 bridgehead atoms. The van der Waals surface area contributed by atoms with Crippen LogP contribution in [0.5, 0.6) is 5.75 Å². The Bertz CT molecular complexity index is 1280. The van der Waals surface area contributed by atoms with Gasteiger partial charge < -0.3 is 4.74 Å². The summed E-state index contributed by atoms with van der Waals surface area (Å²) in [5.41, 5.74) is 1.48. The zero-order valence-electron chi connectivity index (χ0n) is 15.7. The fourth-order valence-corrected chi connectivity index (χ4v) is 3.61. The average molecular weight is 393 g/mol. The molecular formula is C25H15NO4. The van der Waals surface area contributed by atoms with Gasteiger partial charge in [0.25, 0.3) is 11.8 Å². The quantitative estimate of drug-likeness (QED) is 0.283. The minimum absolute atomic E-state index is 0.322. The Hall–Kier alpha value is -4.25. The van der Waals surface area contributed by atoms with Crippen molar-refractivity contribution >= 4 is 34.2 Å². The first-order chi connectivity index (χ1) is 14.6. The summed E-state index contributed by atoms with van der Waals surface area (Å²) >= 11 is 0. The Morgan fingerprint density at radius 1 is 0.667 bits per heavy atom. The van der Waals surface area contributed by atoms with Crippen molar-refractivity contribution in [1.82, 2.24) is 0 Å². The second-order valence-electron chi connectivity index (χ2n) is 6.90. The lowest BCUT2D eigenvalue weighted by molar-refractivity contribution is 0.0736. The van der Waals surface area contributed by atoms with E-state index in [1.54, 1.807) is 54.6 Å². The molecule has 0 aliphatic carbocycles. The minimum Gasteiger partial charge on any atom is -0.422 e. The summed E-state index contributed by atoms with van der Waals surface area (Å²) in [6.45, 7) is 0. The van der Waals surface area contributed by atoms with E-state index in [0.717, 1.165) is 15.7 Å². The van der Waals surface area contributed by atoms with Gasteiger partial charge in [0.15, 0.2) is 0 Å². The molecule has 0 aromatic heterocycles. The Morgan fingerprint density at radius 2 is 1.27 bits per heavy atom. The number of nitrogens with zero attached hydrogens (tertiary/aromatic N) is 1. The van der Waals surface area contributed by atoms with Gasteiger partial charge >= 0.3 is 5.97 Å². The third kappa shape index (κ3) is 2.84. The molecule has 2 amide bonds. The monoisotopic (exact) mass is 393 g/mol. The van der Waals surface area contributed by atoms with Crippen molar-refractivity contribution in [3.05, 3.63) is 108 Å². The number of esters is 1. The number of fused-ring (bicyclic) bond motifs is 2. The molecule has 0 atom stereocenters. The number of rotatable bonds is 3. The molecule has 0 spiro atoms. The molecule has 0 saturated heterocycles. The number of carbonyl (C=O) groups excluding carboxylic acids is 3. The van der Waals surface area contributed by atoms with E-state index in [-0.39, 0.29) is 11.8 Å². The van der Waals surface area contributed by atoms with Crippen LogP contribution >= 0.6 is 0 Å². The van der Waals surface area contributed by atoms with Crippen molar-refractivity contribution < 1.29 is 19.1 Å². The van der Waals surface area contributed by atoms with Gasteiger partial charge in [-0.25, -0.2) is 9.69 Å². The molecule has 5 nitrogen and oxygen atoms in total. The number of imide groups is 1. The summed E-state index contributed by atoms with van der Waals surface area (Å²) in [4.78, 5) is 39.0. The van der Waals surface area contributed by atoms with Crippen LogP contribution in [0.25, 0.3) is 10.8 Å². The summed E-state index contributed by atoms with van der Waals surface area (Å²) in [5.74, 6) is -0.786. The molecule has 4 aromatic rings. The molecule has 1 aliphatic rings. The highest BCUT2D eigenvalue weighted by Crippen LogP contribution is 2.29. The van der Waals surface area contributed by atoms with E-state index in [1.165, 1.54) is 0 Å². The van der Waals surface area contributed by atoms with Gasteiger partial charge in [-0.1, -0.05) is 48.5 Å². The molecule has 5 heteroatoms. The predicted molar refractivity (Wildman–Crippen MR) is 113 cm³/mol. The normalized spacial score (nSPS) is 12.9. The number of amides is 2. The maximum atomic E-state index is 12.6. The van der Waals surface area contributed by atoms with Gasteiger partial charge in [-0.3, -0.25) is 9.59 Å². The summed E-state index contributed by atoms with van der Waals surface area (Å²) in [7, 11) is 0. The number of anilines is 1.